The van der Waals surface area contributed by atoms with Gasteiger partial charge in [0.15, 0.2) is 0 Å². The van der Waals surface area contributed by atoms with Crippen LogP contribution in [0.2, 0.25) is 0 Å². The van der Waals surface area contributed by atoms with Crippen LogP contribution in [-0.2, 0) is 0 Å². The lowest BCUT2D eigenvalue weighted by atomic mass is 9.82. The topological polar surface area (TPSA) is 88.3 Å². The highest BCUT2D eigenvalue weighted by molar-refractivity contribution is 5.55. The second kappa shape index (κ2) is 7.19. The third-order valence-corrected chi connectivity index (χ3v) is 3.96. The third-order valence-electron chi connectivity index (χ3n) is 3.96. The zero-order chi connectivity index (χ0) is 14.4. The van der Waals surface area contributed by atoms with Gasteiger partial charge >= 0.3 is 5.69 Å². The minimum absolute atomic E-state index is 0.00810. The van der Waals surface area contributed by atoms with Crippen LogP contribution in [0.1, 0.15) is 38.5 Å². The number of anilines is 1. The van der Waals surface area contributed by atoms with Crippen LogP contribution < -0.4 is 5.32 Å². The van der Waals surface area contributed by atoms with E-state index in [1.165, 1.54) is 25.3 Å². The fourth-order valence-electron chi connectivity index (χ4n) is 2.93. The molecule has 6 nitrogen and oxygen atoms in total. The Kier molecular flexibility index (Phi) is 5.29. The fourth-order valence-corrected chi connectivity index (χ4v) is 2.93. The highest BCUT2D eigenvalue weighted by Crippen LogP contribution is 2.31. The van der Waals surface area contributed by atoms with E-state index in [2.05, 4.69) is 10.3 Å². The van der Waals surface area contributed by atoms with Crippen LogP contribution in [0.15, 0.2) is 18.3 Å². The number of hydrogen-bond acceptors (Lipinski definition) is 5. The molecule has 110 valence electrons. The molecule has 20 heavy (non-hydrogen) atoms. The molecule has 1 aromatic heterocycles. The van der Waals surface area contributed by atoms with Gasteiger partial charge in [0, 0.05) is 24.9 Å². The number of hydrogen-bond donors (Lipinski definition) is 2. The molecule has 0 bridgehead atoms. The van der Waals surface area contributed by atoms with Gasteiger partial charge in [-0.3, -0.25) is 10.1 Å². The summed E-state index contributed by atoms with van der Waals surface area (Å²) in [4.78, 5) is 14.7. The first-order valence-corrected chi connectivity index (χ1v) is 7.19. The minimum atomic E-state index is -0.424. The first-order valence-electron chi connectivity index (χ1n) is 7.19. The molecule has 0 aliphatic heterocycles. The molecule has 0 spiro atoms. The number of aromatic nitrogens is 1. The molecule has 1 aromatic rings. The Bertz CT molecular complexity index is 447. The molecule has 1 heterocycles. The molecule has 1 fully saturated rings. The number of aliphatic hydroxyl groups is 1. The number of nitrogens with one attached hydrogen (secondary N) is 1. The van der Waals surface area contributed by atoms with Gasteiger partial charge in [-0.1, -0.05) is 19.3 Å². The van der Waals surface area contributed by atoms with Gasteiger partial charge in [-0.25, -0.2) is 4.98 Å². The lowest BCUT2D eigenvalue weighted by Crippen LogP contribution is -2.32. The highest BCUT2D eigenvalue weighted by Gasteiger charge is 2.26. The van der Waals surface area contributed by atoms with Crippen LogP contribution in [0.5, 0.6) is 0 Å². The molecule has 0 unspecified atom stereocenters. The van der Waals surface area contributed by atoms with E-state index in [1.54, 1.807) is 12.3 Å². The summed E-state index contributed by atoms with van der Waals surface area (Å²) in [5.41, 5.74) is -0.00810. The molecule has 1 saturated carbocycles. The molecule has 2 rings (SSSR count). The van der Waals surface area contributed by atoms with Crippen LogP contribution in [0.4, 0.5) is 11.5 Å². The predicted molar refractivity (Wildman–Crippen MR) is 76.6 cm³/mol. The quantitative estimate of drug-likeness (QED) is 0.617. The molecule has 6 heteroatoms. The number of pyridine rings is 1. The van der Waals surface area contributed by atoms with Gasteiger partial charge in [0.2, 0.25) is 5.82 Å². The molecule has 1 aliphatic carbocycles. The minimum Gasteiger partial charge on any atom is -0.396 e. The van der Waals surface area contributed by atoms with Crippen LogP contribution in [0, 0.1) is 16.0 Å². The summed E-state index contributed by atoms with van der Waals surface area (Å²) in [6, 6.07) is 3.06. The van der Waals surface area contributed by atoms with Crippen molar-refractivity contribution in [3.63, 3.8) is 0 Å². The van der Waals surface area contributed by atoms with Crippen LogP contribution in [-0.4, -0.2) is 27.7 Å². The Balaban J connectivity index is 2.13. The van der Waals surface area contributed by atoms with Gasteiger partial charge in [-0.15, -0.1) is 0 Å². The van der Waals surface area contributed by atoms with Crippen LogP contribution >= 0.6 is 0 Å². The Labute approximate surface area is 118 Å². The van der Waals surface area contributed by atoms with Crippen molar-refractivity contribution in [1.82, 2.24) is 4.98 Å². The van der Waals surface area contributed by atoms with Crippen molar-refractivity contribution in [2.45, 2.75) is 44.6 Å². The van der Waals surface area contributed by atoms with Crippen molar-refractivity contribution in [2.24, 2.45) is 5.92 Å². The number of nitro groups is 1. The third kappa shape index (κ3) is 3.66. The zero-order valence-electron chi connectivity index (χ0n) is 11.5. The molecule has 0 saturated heterocycles. The number of aliphatic hydroxyl groups excluding tert-OH is 1. The standard InChI is InChI=1S/C14H21N3O3/c18-10-8-12(11-5-2-1-3-6-11)16-14-13(17(19)20)7-4-9-15-14/h4,7,9,11-12,18H,1-3,5-6,8,10H2,(H,15,16)/t12-/m1/s1. The molecule has 1 aliphatic rings. The predicted octanol–water partition coefficient (Wildman–Crippen LogP) is 2.73. The van der Waals surface area contributed by atoms with E-state index in [0.717, 1.165) is 12.8 Å². The molecule has 0 radical (unpaired) electrons. The van der Waals surface area contributed by atoms with Crippen molar-refractivity contribution >= 4 is 11.5 Å². The summed E-state index contributed by atoms with van der Waals surface area (Å²) in [6.07, 6.45) is 8.00. The van der Waals surface area contributed by atoms with Crippen molar-refractivity contribution in [2.75, 3.05) is 11.9 Å². The molecular formula is C14H21N3O3. The van der Waals surface area contributed by atoms with Crippen LogP contribution in [0.25, 0.3) is 0 Å². The van der Waals surface area contributed by atoms with E-state index in [0.29, 0.717) is 18.2 Å². The number of rotatable bonds is 6. The van der Waals surface area contributed by atoms with Crippen LogP contribution in [0.3, 0.4) is 0 Å². The zero-order valence-corrected chi connectivity index (χ0v) is 11.5. The SMILES string of the molecule is O=[N+]([O-])c1cccnc1N[C@H](CCO)C1CCCCC1. The van der Waals surface area contributed by atoms with Gasteiger partial charge < -0.3 is 10.4 Å². The summed E-state index contributed by atoms with van der Waals surface area (Å²) >= 11 is 0. The second-order valence-electron chi connectivity index (χ2n) is 5.29. The first-order chi connectivity index (χ1) is 9.72. The summed E-state index contributed by atoms with van der Waals surface area (Å²) in [5, 5.41) is 23.4. The number of nitrogens with zero attached hydrogens (tertiary/aromatic N) is 2. The monoisotopic (exact) mass is 279 g/mol. The summed E-state index contributed by atoms with van der Waals surface area (Å²) in [7, 11) is 0. The normalized spacial score (nSPS) is 17.6. The maximum atomic E-state index is 11.0. The van der Waals surface area contributed by atoms with Gasteiger partial charge in [-0.2, -0.15) is 0 Å². The van der Waals surface area contributed by atoms with E-state index in [-0.39, 0.29) is 18.3 Å². The highest BCUT2D eigenvalue weighted by atomic mass is 16.6. The Morgan fingerprint density at radius 2 is 2.20 bits per heavy atom. The van der Waals surface area contributed by atoms with E-state index in [9.17, 15) is 15.2 Å². The van der Waals surface area contributed by atoms with E-state index >= 15 is 0 Å². The van der Waals surface area contributed by atoms with E-state index < -0.39 is 4.92 Å². The fraction of sp³-hybridized carbons (Fsp3) is 0.643. The molecule has 0 aromatic carbocycles. The maximum absolute atomic E-state index is 11.0. The van der Waals surface area contributed by atoms with Gasteiger partial charge in [0.05, 0.1) is 4.92 Å². The van der Waals surface area contributed by atoms with E-state index in [4.69, 9.17) is 0 Å². The summed E-state index contributed by atoms with van der Waals surface area (Å²) < 4.78 is 0. The van der Waals surface area contributed by atoms with E-state index in [1.807, 2.05) is 0 Å². The lowest BCUT2D eigenvalue weighted by Gasteiger charge is -2.30. The van der Waals surface area contributed by atoms with Crippen molar-refractivity contribution in [1.29, 1.82) is 0 Å². The average molecular weight is 279 g/mol. The van der Waals surface area contributed by atoms with Crippen molar-refractivity contribution < 1.29 is 10.0 Å². The molecule has 2 N–H and O–H groups in total. The molecule has 0 amide bonds. The average Bonchev–Trinajstić information content (AvgIpc) is 2.48. The van der Waals surface area contributed by atoms with Gasteiger partial charge in [-0.05, 0) is 31.2 Å². The smallest absolute Gasteiger partial charge is 0.311 e. The Morgan fingerprint density at radius 1 is 1.45 bits per heavy atom. The lowest BCUT2D eigenvalue weighted by molar-refractivity contribution is -0.384. The largest absolute Gasteiger partial charge is 0.396 e. The Hall–Kier alpha value is -1.69. The first kappa shape index (κ1) is 14.7. The molecule has 1 atom stereocenters. The Morgan fingerprint density at radius 3 is 2.85 bits per heavy atom. The summed E-state index contributed by atoms with van der Waals surface area (Å²) in [6.45, 7) is 0.0782. The summed E-state index contributed by atoms with van der Waals surface area (Å²) in [5.74, 6) is 0.763. The molecular weight excluding hydrogens is 258 g/mol. The van der Waals surface area contributed by atoms with Crippen molar-refractivity contribution in [3.8, 4) is 0 Å². The maximum Gasteiger partial charge on any atom is 0.311 e. The van der Waals surface area contributed by atoms with Gasteiger partial charge in [0.25, 0.3) is 0 Å². The second-order valence-corrected chi connectivity index (χ2v) is 5.29. The van der Waals surface area contributed by atoms with Gasteiger partial charge in [0.1, 0.15) is 0 Å². The van der Waals surface area contributed by atoms with Crippen molar-refractivity contribution in [3.05, 3.63) is 28.4 Å².